The molecule has 1 aromatic heterocycles. The maximum atomic E-state index is 12.0. The summed E-state index contributed by atoms with van der Waals surface area (Å²) < 4.78 is 7.40. The fraction of sp³-hybridized carbons (Fsp3) is 0.692. The number of aromatic nitrogens is 2. The molecule has 1 fully saturated rings. The molecule has 1 aromatic rings. The van der Waals surface area contributed by atoms with Crippen LogP contribution in [0.1, 0.15) is 25.6 Å². The van der Waals surface area contributed by atoms with Crippen molar-refractivity contribution in [1.82, 2.24) is 14.9 Å². The van der Waals surface area contributed by atoms with Crippen LogP contribution in [0, 0.1) is 0 Å². The van der Waals surface area contributed by atoms with Crippen molar-refractivity contribution in [1.29, 1.82) is 0 Å². The minimum atomic E-state index is 0.167. The number of morpholine rings is 1. The summed E-state index contributed by atoms with van der Waals surface area (Å²) in [6.45, 7) is 5.26. The topological polar surface area (TPSA) is 56.2 Å². The highest BCUT2D eigenvalue weighted by Crippen LogP contribution is 2.05. The Labute approximate surface area is 108 Å². The summed E-state index contributed by atoms with van der Waals surface area (Å²) >= 11 is 0. The number of ketones is 1. The maximum Gasteiger partial charge on any atom is 0.142 e. The number of aryl methyl sites for hydroxylation is 1. The van der Waals surface area contributed by atoms with Crippen LogP contribution in [0.15, 0.2) is 12.4 Å². The second kappa shape index (κ2) is 6.66. The predicted molar refractivity (Wildman–Crippen MR) is 68.5 cm³/mol. The van der Waals surface area contributed by atoms with Crippen molar-refractivity contribution in [2.24, 2.45) is 0 Å². The first-order valence-electron chi connectivity index (χ1n) is 6.62. The smallest absolute Gasteiger partial charge is 0.142 e. The molecule has 5 heteroatoms. The van der Waals surface area contributed by atoms with Gasteiger partial charge in [-0.3, -0.25) is 4.79 Å². The van der Waals surface area contributed by atoms with Crippen molar-refractivity contribution in [3.05, 3.63) is 18.2 Å². The van der Waals surface area contributed by atoms with Gasteiger partial charge in [0, 0.05) is 37.9 Å². The molecule has 1 N–H and O–H groups in total. The molecule has 0 amide bonds. The van der Waals surface area contributed by atoms with Gasteiger partial charge in [0.25, 0.3) is 0 Å². The monoisotopic (exact) mass is 251 g/mol. The van der Waals surface area contributed by atoms with Gasteiger partial charge >= 0.3 is 0 Å². The van der Waals surface area contributed by atoms with Crippen molar-refractivity contribution in [3.8, 4) is 0 Å². The molecule has 0 radical (unpaired) electrons. The van der Waals surface area contributed by atoms with Crippen molar-refractivity contribution in [2.45, 2.75) is 38.8 Å². The number of nitrogens with one attached hydrogen (secondary N) is 1. The van der Waals surface area contributed by atoms with Gasteiger partial charge in [-0.05, 0) is 6.42 Å². The number of hydrogen-bond acceptors (Lipinski definition) is 4. The molecule has 2 rings (SSSR count). The Morgan fingerprint density at radius 2 is 2.56 bits per heavy atom. The highest BCUT2D eigenvalue weighted by Gasteiger charge is 2.18. The van der Waals surface area contributed by atoms with E-state index >= 15 is 0 Å². The lowest BCUT2D eigenvalue weighted by Crippen LogP contribution is -2.42. The highest BCUT2D eigenvalue weighted by atomic mass is 16.5. The molecule has 100 valence electrons. The highest BCUT2D eigenvalue weighted by molar-refractivity contribution is 5.80. The number of nitrogens with zero attached hydrogens (tertiary/aromatic N) is 2. The molecule has 1 aliphatic heterocycles. The average molecular weight is 251 g/mol. The number of carbonyl (C=O) groups is 1. The lowest BCUT2D eigenvalue weighted by Gasteiger charge is -2.23. The van der Waals surface area contributed by atoms with Gasteiger partial charge < -0.3 is 14.6 Å². The van der Waals surface area contributed by atoms with Gasteiger partial charge in [-0.25, -0.2) is 4.98 Å². The molecule has 1 atom stereocenters. The predicted octanol–water partition coefficient (Wildman–Crippen LogP) is 0.783. The van der Waals surface area contributed by atoms with Crippen molar-refractivity contribution >= 4 is 5.78 Å². The van der Waals surface area contributed by atoms with Crippen LogP contribution in [0.4, 0.5) is 0 Å². The molecule has 0 aromatic carbocycles. The standard InChI is InChI=1S/C13H21N3O2/c1-2-5-16-6-3-15-13(16)9-12(17)8-11-10-18-7-4-14-11/h3,6,11,14H,2,4-5,7-10H2,1H3. The Balaban J connectivity index is 1.84. The zero-order valence-corrected chi connectivity index (χ0v) is 10.9. The first-order valence-corrected chi connectivity index (χ1v) is 6.62. The van der Waals surface area contributed by atoms with Crippen LogP contribution in [0.3, 0.4) is 0 Å². The molecule has 0 saturated carbocycles. The summed E-state index contributed by atoms with van der Waals surface area (Å²) in [7, 11) is 0. The van der Waals surface area contributed by atoms with Gasteiger partial charge in [0.2, 0.25) is 0 Å². The van der Waals surface area contributed by atoms with E-state index in [9.17, 15) is 4.79 Å². The van der Waals surface area contributed by atoms with E-state index in [0.717, 1.165) is 31.9 Å². The third kappa shape index (κ3) is 3.65. The zero-order valence-electron chi connectivity index (χ0n) is 10.9. The van der Waals surface area contributed by atoms with Crippen molar-refractivity contribution < 1.29 is 9.53 Å². The average Bonchev–Trinajstić information content (AvgIpc) is 2.78. The van der Waals surface area contributed by atoms with E-state index in [1.165, 1.54) is 0 Å². The van der Waals surface area contributed by atoms with Gasteiger partial charge in [0.1, 0.15) is 11.6 Å². The summed E-state index contributed by atoms with van der Waals surface area (Å²) in [6, 6.07) is 0.167. The number of carbonyl (C=O) groups excluding carboxylic acids is 1. The molecular weight excluding hydrogens is 230 g/mol. The summed E-state index contributed by atoms with van der Waals surface area (Å²) in [5, 5.41) is 3.30. The summed E-state index contributed by atoms with van der Waals surface area (Å²) in [6.07, 6.45) is 5.70. The molecule has 1 unspecified atom stereocenters. The molecule has 1 saturated heterocycles. The van der Waals surface area contributed by atoms with E-state index in [2.05, 4.69) is 21.8 Å². The van der Waals surface area contributed by atoms with Crippen LogP contribution in [0.2, 0.25) is 0 Å². The van der Waals surface area contributed by atoms with Crippen molar-refractivity contribution in [2.75, 3.05) is 19.8 Å². The molecule has 0 bridgehead atoms. The zero-order chi connectivity index (χ0) is 12.8. The van der Waals surface area contributed by atoms with Gasteiger partial charge in [0.05, 0.1) is 19.6 Å². The lowest BCUT2D eigenvalue weighted by atomic mass is 10.1. The summed E-state index contributed by atoms with van der Waals surface area (Å²) in [4.78, 5) is 16.2. The third-order valence-corrected chi connectivity index (χ3v) is 3.09. The molecular formula is C13H21N3O2. The normalized spacial score (nSPS) is 19.9. The Morgan fingerprint density at radius 1 is 1.67 bits per heavy atom. The lowest BCUT2D eigenvalue weighted by molar-refractivity contribution is -0.119. The Morgan fingerprint density at radius 3 is 3.28 bits per heavy atom. The van der Waals surface area contributed by atoms with E-state index in [4.69, 9.17) is 4.74 Å². The molecule has 1 aliphatic rings. The van der Waals surface area contributed by atoms with E-state index in [-0.39, 0.29) is 11.8 Å². The van der Waals surface area contributed by atoms with Crippen LogP contribution >= 0.6 is 0 Å². The quantitative estimate of drug-likeness (QED) is 0.812. The molecule has 0 spiro atoms. The number of rotatable bonds is 6. The largest absolute Gasteiger partial charge is 0.379 e. The van der Waals surface area contributed by atoms with E-state index in [1.54, 1.807) is 6.20 Å². The van der Waals surface area contributed by atoms with Crippen molar-refractivity contribution in [3.63, 3.8) is 0 Å². The molecule has 2 heterocycles. The first-order chi connectivity index (χ1) is 8.79. The Bertz CT molecular complexity index is 383. The molecule has 0 aliphatic carbocycles. The Hall–Kier alpha value is -1.20. The van der Waals surface area contributed by atoms with Gasteiger partial charge in [-0.1, -0.05) is 6.92 Å². The minimum Gasteiger partial charge on any atom is -0.379 e. The van der Waals surface area contributed by atoms with Gasteiger partial charge in [-0.2, -0.15) is 0 Å². The SMILES string of the molecule is CCCn1ccnc1CC(=O)CC1COCCN1. The summed E-state index contributed by atoms with van der Waals surface area (Å²) in [5.41, 5.74) is 0. The van der Waals surface area contributed by atoms with E-state index in [0.29, 0.717) is 19.4 Å². The molecule has 5 nitrogen and oxygen atoms in total. The maximum absolute atomic E-state index is 12.0. The number of ether oxygens (including phenoxy) is 1. The van der Waals surface area contributed by atoms with Crippen LogP contribution in [-0.2, 0) is 22.5 Å². The van der Waals surface area contributed by atoms with Gasteiger partial charge in [0.15, 0.2) is 0 Å². The summed E-state index contributed by atoms with van der Waals surface area (Å²) in [5.74, 6) is 1.10. The first kappa shape index (κ1) is 13.2. The van der Waals surface area contributed by atoms with Crippen LogP contribution in [0.25, 0.3) is 0 Å². The number of Topliss-reactive ketones (excluding diaryl/α,β-unsaturated/α-hetero) is 1. The fourth-order valence-electron chi connectivity index (χ4n) is 2.23. The minimum absolute atomic E-state index is 0.167. The number of imidazole rings is 1. The van der Waals surface area contributed by atoms with Crippen LogP contribution < -0.4 is 5.32 Å². The molecule has 18 heavy (non-hydrogen) atoms. The second-order valence-corrected chi connectivity index (χ2v) is 4.68. The van der Waals surface area contributed by atoms with E-state index in [1.807, 2.05) is 6.20 Å². The van der Waals surface area contributed by atoms with Gasteiger partial charge in [-0.15, -0.1) is 0 Å². The Kier molecular flexibility index (Phi) is 4.90. The fourth-order valence-corrected chi connectivity index (χ4v) is 2.23. The van der Waals surface area contributed by atoms with E-state index < -0.39 is 0 Å². The van der Waals surface area contributed by atoms with Crippen LogP contribution in [-0.4, -0.2) is 41.1 Å². The third-order valence-electron chi connectivity index (χ3n) is 3.09. The second-order valence-electron chi connectivity index (χ2n) is 4.68. The number of hydrogen-bond donors (Lipinski definition) is 1. The van der Waals surface area contributed by atoms with Crippen LogP contribution in [0.5, 0.6) is 0 Å².